The molecule has 1 N–H and O–H groups in total. The Balaban J connectivity index is 2.81. The number of hydrogen-bond acceptors (Lipinski definition) is 3. The molecule has 3 nitrogen and oxygen atoms in total. The van der Waals surface area contributed by atoms with Gasteiger partial charge in [0.05, 0.1) is 23.7 Å². The summed E-state index contributed by atoms with van der Waals surface area (Å²) in [6.07, 6.45) is 1.33. The molecule has 0 spiro atoms. The first-order valence-electron chi connectivity index (χ1n) is 5.08. The van der Waals surface area contributed by atoms with Gasteiger partial charge in [-0.25, -0.2) is 0 Å². The van der Waals surface area contributed by atoms with Gasteiger partial charge in [0, 0.05) is 13.1 Å². The molecular formula is C11H18N2O. The number of pyridine rings is 1. The molecule has 0 fully saturated rings. The lowest BCUT2D eigenvalue weighted by atomic mass is 10.2. The summed E-state index contributed by atoms with van der Waals surface area (Å²) in [5, 5.41) is 9.29. The minimum atomic E-state index is -0.485. The van der Waals surface area contributed by atoms with Crippen LogP contribution in [-0.4, -0.2) is 23.2 Å². The highest BCUT2D eigenvalue weighted by atomic mass is 16.3. The lowest BCUT2D eigenvalue weighted by Crippen LogP contribution is -2.21. The van der Waals surface area contributed by atoms with E-state index < -0.39 is 6.10 Å². The zero-order valence-electron chi connectivity index (χ0n) is 9.07. The lowest BCUT2D eigenvalue weighted by molar-refractivity contribution is 0.194. The molecule has 3 heteroatoms. The van der Waals surface area contributed by atoms with Crippen LogP contribution in [0.3, 0.4) is 0 Å². The largest absolute Gasteiger partial charge is 0.387 e. The number of aromatic nitrogens is 1. The summed E-state index contributed by atoms with van der Waals surface area (Å²) < 4.78 is 0. The molecule has 0 aliphatic carbocycles. The molecule has 1 rings (SSSR count). The van der Waals surface area contributed by atoms with Crippen molar-refractivity contribution >= 4 is 5.69 Å². The fourth-order valence-electron chi connectivity index (χ4n) is 1.42. The van der Waals surface area contributed by atoms with Gasteiger partial charge in [0.15, 0.2) is 0 Å². The highest BCUT2D eigenvalue weighted by Crippen LogP contribution is 2.15. The second-order valence-corrected chi connectivity index (χ2v) is 3.29. The first-order valence-corrected chi connectivity index (χ1v) is 5.08. The monoisotopic (exact) mass is 194 g/mol. The summed E-state index contributed by atoms with van der Waals surface area (Å²) in [4.78, 5) is 6.42. The van der Waals surface area contributed by atoms with E-state index >= 15 is 0 Å². The average Bonchev–Trinajstić information content (AvgIpc) is 2.20. The van der Waals surface area contributed by atoms with Crippen LogP contribution in [0.4, 0.5) is 5.69 Å². The fraction of sp³-hybridized carbons (Fsp3) is 0.545. The summed E-state index contributed by atoms with van der Waals surface area (Å²) in [5.41, 5.74) is 1.83. The molecule has 78 valence electrons. The Morgan fingerprint density at radius 2 is 2.00 bits per heavy atom. The van der Waals surface area contributed by atoms with Crippen LogP contribution < -0.4 is 4.90 Å². The molecule has 0 radical (unpaired) electrons. The fourth-order valence-corrected chi connectivity index (χ4v) is 1.42. The van der Waals surface area contributed by atoms with Gasteiger partial charge in [-0.3, -0.25) is 4.98 Å². The molecule has 0 saturated heterocycles. The van der Waals surface area contributed by atoms with E-state index in [4.69, 9.17) is 0 Å². The van der Waals surface area contributed by atoms with Gasteiger partial charge in [0.2, 0.25) is 0 Å². The number of nitrogens with zero attached hydrogens (tertiary/aromatic N) is 2. The van der Waals surface area contributed by atoms with E-state index in [0.717, 1.165) is 24.5 Å². The van der Waals surface area contributed by atoms with Crippen LogP contribution in [0.2, 0.25) is 0 Å². The Morgan fingerprint density at radius 1 is 1.36 bits per heavy atom. The third-order valence-corrected chi connectivity index (χ3v) is 2.33. The number of aliphatic hydroxyl groups is 1. The van der Waals surface area contributed by atoms with Gasteiger partial charge in [0.1, 0.15) is 0 Å². The van der Waals surface area contributed by atoms with E-state index in [-0.39, 0.29) is 0 Å². The molecule has 0 saturated carbocycles. The van der Waals surface area contributed by atoms with Crippen molar-refractivity contribution in [2.75, 3.05) is 18.0 Å². The summed E-state index contributed by atoms with van der Waals surface area (Å²) in [7, 11) is 0. The summed E-state index contributed by atoms with van der Waals surface area (Å²) in [6.45, 7) is 7.91. The van der Waals surface area contributed by atoms with Gasteiger partial charge >= 0.3 is 0 Å². The molecule has 1 aromatic rings. The maximum atomic E-state index is 9.29. The van der Waals surface area contributed by atoms with Crippen molar-refractivity contribution in [1.82, 2.24) is 4.98 Å². The zero-order valence-corrected chi connectivity index (χ0v) is 9.07. The SMILES string of the molecule is CCN(CC)c1ccc(C(C)O)nc1. The lowest BCUT2D eigenvalue weighted by Gasteiger charge is -2.20. The van der Waals surface area contributed by atoms with Gasteiger partial charge in [-0.2, -0.15) is 0 Å². The number of aliphatic hydroxyl groups excluding tert-OH is 1. The second-order valence-electron chi connectivity index (χ2n) is 3.29. The van der Waals surface area contributed by atoms with Gasteiger partial charge in [-0.05, 0) is 32.9 Å². The van der Waals surface area contributed by atoms with Crippen LogP contribution in [0.25, 0.3) is 0 Å². The summed E-state index contributed by atoms with van der Waals surface area (Å²) in [5.74, 6) is 0. The number of anilines is 1. The number of rotatable bonds is 4. The second kappa shape index (κ2) is 4.96. The normalized spacial score (nSPS) is 12.6. The van der Waals surface area contributed by atoms with Crippen molar-refractivity contribution < 1.29 is 5.11 Å². The Kier molecular flexibility index (Phi) is 3.89. The van der Waals surface area contributed by atoms with Crippen LogP contribution in [0.15, 0.2) is 18.3 Å². The summed E-state index contributed by atoms with van der Waals surface area (Å²) >= 11 is 0. The predicted octanol–water partition coefficient (Wildman–Crippen LogP) is 1.98. The molecule has 1 atom stereocenters. The minimum Gasteiger partial charge on any atom is -0.387 e. The van der Waals surface area contributed by atoms with E-state index in [1.54, 1.807) is 6.92 Å². The Hall–Kier alpha value is -1.09. The minimum absolute atomic E-state index is 0.485. The highest BCUT2D eigenvalue weighted by molar-refractivity contribution is 5.44. The smallest absolute Gasteiger partial charge is 0.0931 e. The maximum Gasteiger partial charge on any atom is 0.0931 e. The van der Waals surface area contributed by atoms with E-state index in [9.17, 15) is 5.11 Å². The highest BCUT2D eigenvalue weighted by Gasteiger charge is 2.04. The molecule has 14 heavy (non-hydrogen) atoms. The quantitative estimate of drug-likeness (QED) is 0.796. The van der Waals surface area contributed by atoms with Crippen molar-refractivity contribution in [3.63, 3.8) is 0 Å². The van der Waals surface area contributed by atoms with Crippen molar-refractivity contribution in [3.05, 3.63) is 24.0 Å². The number of hydrogen-bond donors (Lipinski definition) is 1. The van der Waals surface area contributed by atoms with Crippen molar-refractivity contribution in [1.29, 1.82) is 0 Å². The standard InChI is InChI=1S/C11H18N2O/c1-4-13(5-2)10-6-7-11(9(3)14)12-8-10/h6-9,14H,4-5H2,1-3H3. The molecule has 1 unspecified atom stereocenters. The van der Waals surface area contributed by atoms with Crippen LogP contribution in [0.1, 0.15) is 32.6 Å². The third-order valence-electron chi connectivity index (χ3n) is 2.33. The van der Waals surface area contributed by atoms with Gasteiger partial charge < -0.3 is 10.0 Å². The van der Waals surface area contributed by atoms with Crippen molar-refractivity contribution in [2.24, 2.45) is 0 Å². The first kappa shape index (κ1) is 11.0. The predicted molar refractivity (Wildman–Crippen MR) is 58.4 cm³/mol. The molecule has 0 aliphatic heterocycles. The third kappa shape index (κ3) is 2.45. The molecule has 0 bridgehead atoms. The van der Waals surface area contributed by atoms with Crippen LogP contribution >= 0.6 is 0 Å². The molecule has 0 aromatic carbocycles. The zero-order chi connectivity index (χ0) is 10.6. The van der Waals surface area contributed by atoms with E-state index in [2.05, 4.69) is 23.7 Å². The van der Waals surface area contributed by atoms with Gasteiger partial charge in [0.25, 0.3) is 0 Å². The first-order chi connectivity index (χ1) is 6.69. The molecule has 1 heterocycles. The Labute approximate surface area is 85.4 Å². The van der Waals surface area contributed by atoms with E-state index in [1.807, 2.05) is 18.3 Å². The van der Waals surface area contributed by atoms with Crippen LogP contribution in [0.5, 0.6) is 0 Å². The topological polar surface area (TPSA) is 36.4 Å². The molecule has 0 amide bonds. The van der Waals surface area contributed by atoms with Crippen LogP contribution in [0, 0.1) is 0 Å². The van der Waals surface area contributed by atoms with E-state index in [1.165, 1.54) is 0 Å². The van der Waals surface area contributed by atoms with E-state index in [0.29, 0.717) is 0 Å². The van der Waals surface area contributed by atoms with Crippen molar-refractivity contribution in [3.8, 4) is 0 Å². The molecule has 0 aliphatic rings. The van der Waals surface area contributed by atoms with Gasteiger partial charge in [-0.1, -0.05) is 0 Å². The Bertz CT molecular complexity index is 265. The average molecular weight is 194 g/mol. The Morgan fingerprint density at radius 3 is 2.36 bits per heavy atom. The van der Waals surface area contributed by atoms with Gasteiger partial charge in [-0.15, -0.1) is 0 Å². The van der Waals surface area contributed by atoms with Crippen LogP contribution in [-0.2, 0) is 0 Å². The maximum absolute atomic E-state index is 9.29. The van der Waals surface area contributed by atoms with Crippen molar-refractivity contribution in [2.45, 2.75) is 26.9 Å². The molecule has 1 aromatic heterocycles. The molecular weight excluding hydrogens is 176 g/mol. The summed E-state index contributed by atoms with van der Waals surface area (Å²) in [6, 6.07) is 3.88.